The molecule has 23 aromatic carbocycles. The molecule has 0 saturated heterocycles. The van der Waals surface area contributed by atoms with Crippen LogP contribution in [0.4, 0.5) is 68.2 Å². The molecule has 23 rings (SSSR count). The zero-order valence-electron chi connectivity index (χ0n) is 67.1. The molecule has 0 fully saturated rings. The Labute approximate surface area is 710 Å². The quantitative estimate of drug-likeness (QED) is 0.0795. The summed E-state index contributed by atoms with van der Waals surface area (Å²) in [6.07, 6.45) is 0. The fourth-order valence-electron chi connectivity index (χ4n) is 18.3. The number of fused-ring (bicyclic) bond motifs is 10. The van der Waals surface area contributed by atoms with Crippen molar-refractivity contribution in [1.29, 1.82) is 0 Å². The van der Waals surface area contributed by atoms with Crippen molar-refractivity contribution in [1.82, 2.24) is 0 Å². The number of hydrogen-bond acceptors (Lipinski definition) is 4. The molecule has 0 aliphatic heterocycles. The first-order chi connectivity index (χ1) is 60.6. The Hall–Kier alpha value is -16.1. The van der Waals surface area contributed by atoms with Crippen molar-refractivity contribution in [2.24, 2.45) is 0 Å². The highest BCUT2D eigenvalue weighted by molar-refractivity contribution is 6.26. The summed E-state index contributed by atoms with van der Waals surface area (Å²) in [5.41, 5.74) is 18.8. The molecular weight excluding hydrogens is 1470 g/mol. The number of rotatable bonds is 14. The Bertz CT molecular complexity index is 7380. The smallest absolute Gasteiger partial charge is 0.0619 e. The standard InChI is InChI=1S/C46H32N2.C40H27N.C32H23N/c1-3-19-37(20-4-1)47(39-29-27-33-15-7-9-17-35(33)31-39)45-41-23-11-13-25-43(41)46(44-26-14-12-24-42(44)45)48(38-21-5-2-6-22-38)40-30-28-34-16-8-10-18-36(34)32-40;1-2-16-33(17-3-1)41(34-25-24-29-13-5-7-15-31(29)27-34)40-37-20-10-8-18-35(37)39(36-19-9-11-21-38(36)40)32-23-22-28-12-4-6-14-30(28)26-32;1-4-14-24(15-5-1)31-27-20-10-12-22-29(27)32(30-23-13-11-21-28(30)31)33(25-16-6-2-7-17-25)26-18-8-3-9-19-26/h1-32H;1-27H;1-23H. The van der Waals surface area contributed by atoms with Crippen LogP contribution >= 0.6 is 0 Å². The number of nitrogens with zero attached hydrogens (tertiary/aromatic N) is 4. The van der Waals surface area contributed by atoms with Crippen LogP contribution in [0.2, 0.25) is 0 Å². The molecule has 0 spiro atoms. The Morgan fingerprint density at radius 3 is 0.549 bits per heavy atom. The van der Waals surface area contributed by atoms with E-state index in [1.165, 1.54) is 141 Å². The number of hydrogen-bond donors (Lipinski definition) is 0. The van der Waals surface area contributed by atoms with Gasteiger partial charge in [0.2, 0.25) is 0 Å². The Morgan fingerprint density at radius 1 is 0.107 bits per heavy atom. The van der Waals surface area contributed by atoms with Crippen molar-refractivity contribution in [3.8, 4) is 22.3 Å². The number of benzene rings is 23. The van der Waals surface area contributed by atoms with E-state index < -0.39 is 0 Å². The van der Waals surface area contributed by atoms with E-state index in [-0.39, 0.29) is 0 Å². The third-order valence-corrected chi connectivity index (χ3v) is 23.7. The molecule has 574 valence electrons. The Kier molecular flexibility index (Phi) is 19.7. The lowest BCUT2D eigenvalue weighted by Gasteiger charge is -2.33. The zero-order valence-corrected chi connectivity index (χ0v) is 67.1. The lowest BCUT2D eigenvalue weighted by Crippen LogP contribution is -2.14. The van der Waals surface area contributed by atoms with Gasteiger partial charge < -0.3 is 19.6 Å². The summed E-state index contributed by atoms with van der Waals surface area (Å²) in [6.45, 7) is 0. The first-order valence-electron chi connectivity index (χ1n) is 41.9. The van der Waals surface area contributed by atoms with Gasteiger partial charge in [-0.3, -0.25) is 0 Å². The molecule has 0 unspecified atom stereocenters. The molecule has 0 amide bonds. The predicted octanol–water partition coefficient (Wildman–Crippen LogP) is 33.8. The van der Waals surface area contributed by atoms with E-state index in [9.17, 15) is 0 Å². The highest BCUT2D eigenvalue weighted by Crippen LogP contribution is 2.54. The third kappa shape index (κ3) is 13.8. The van der Waals surface area contributed by atoms with E-state index in [1.807, 2.05) is 0 Å². The van der Waals surface area contributed by atoms with Gasteiger partial charge in [0.15, 0.2) is 0 Å². The van der Waals surface area contributed by atoms with Gasteiger partial charge in [-0.15, -0.1) is 0 Å². The van der Waals surface area contributed by atoms with Crippen LogP contribution in [0.1, 0.15) is 0 Å². The van der Waals surface area contributed by atoms with Gasteiger partial charge in [0, 0.05) is 88.6 Å². The molecule has 122 heavy (non-hydrogen) atoms. The summed E-state index contributed by atoms with van der Waals surface area (Å²) in [6, 6.07) is 179. The maximum atomic E-state index is 2.43. The minimum absolute atomic E-state index is 1.12. The summed E-state index contributed by atoms with van der Waals surface area (Å²) in [5, 5.41) is 24.6. The fourth-order valence-corrected chi connectivity index (χ4v) is 18.3. The first-order valence-corrected chi connectivity index (χ1v) is 41.9. The predicted molar refractivity (Wildman–Crippen MR) is 524 cm³/mol. The monoisotopic (exact) mass is 1550 g/mol. The highest BCUT2D eigenvalue weighted by Gasteiger charge is 2.28. The van der Waals surface area contributed by atoms with Crippen molar-refractivity contribution < 1.29 is 0 Å². The molecule has 0 heterocycles. The summed E-state index contributed by atoms with van der Waals surface area (Å²) in [4.78, 5) is 9.69. The second kappa shape index (κ2) is 32.7. The largest absolute Gasteiger partial charge is 0.309 e. The van der Waals surface area contributed by atoms with Crippen molar-refractivity contribution >= 4 is 176 Å². The molecule has 0 radical (unpaired) electrons. The highest BCUT2D eigenvalue weighted by atomic mass is 15.2. The summed E-state index contributed by atoms with van der Waals surface area (Å²) in [5.74, 6) is 0. The van der Waals surface area contributed by atoms with Gasteiger partial charge in [-0.2, -0.15) is 0 Å². The molecule has 23 aromatic rings. The van der Waals surface area contributed by atoms with Crippen LogP contribution in [0.15, 0.2) is 497 Å². The Balaban J connectivity index is 0.000000115. The fraction of sp³-hybridized carbons (Fsp3) is 0. The van der Waals surface area contributed by atoms with E-state index >= 15 is 0 Å². The molecule has 0 saturated carbocycles. The number of para-hydroxylation sites is 5. The first kappa shape index (κ1) is 73.5. The van der Waals surface area contributed by atoms with Crippen LogP contribution in [0.25, 0.3) is 130 Å². The minimum Gasteiger partial charge on any atom is -0.309 e. The van der Waals surface area contributed by atoms with E-state index in [1.54, 1.807) is 0 Å². The van der Waals surface area contributed by atoms with Crippen molar-refractivity contribution in [2.75, 3.05) is 19.6 Å². The van der Waals surface area contributed by atoms with Crippen LogP contribution in [0, 0.1) is 0 Å². The van der Waals surface area contributed by atoms with Crippen LogP contribution in [0.5, 0.6) is 0 Å². The van der Waals surface area contributed by atoms with Crippen molar-refractivity contribution in [3.63, 3.8) is 0 Å². The van der Waals surface area contributed by atoms with Gasteiger partial charge in [-0.25, -0.2) is 0 Å². The molecule has 4 nitrogen and oxygen atoms in total. The molecule has 0 N–H and O–H groups in total. The average molecular weight is 1560 g/mol. The van der Waals surface area contributed by atoms with E-state index in [0.717, 1.165) is 56.9 Å². The molecule has 0 aromatic heterocycles. The van der Waals surface area contributed by atoms with Crippen molar-refractivity contribution in [2.45, 2.75) is 0 Å². The number of anilines is 12. The van der Waals surface area contributed by atoms with Crippen LogP contribution < -0.4 is 19.6 Å². The Morgan fingerprint density at radius 2 is 0.287 bits per heavy atom. The maximum absolute atomic E-state index is 2.43. The molecule has 0 atom stereocenters. The zero-order chi connectivity index (χ0) is 81.1. The second-order valence-electron chi connectivity index (χ2n) is 31.0. The van der Waals surface area contributed by atoms with Crippen molar-refractivity contribution in [3.05, 3.63) is 497 Å². The molecule has 4 heteroatoms. The van der Waals surface area contributed by atoms with E-state index in [0.29, 0.717) is 0 Å². The maximum Gasteiger partial charge on any atom is 0.0619 e. The summed E-state index contributed by atoms with van der Waals surface area (Å²) >= 11 is 0. The van der Waals surface area contributed by atoms with Gasteiger partial charge in [0.05, 0.1) is 22.7 Å². The second-order valence-corrected chi connectivity index (χ2v) is 31.0. The normalized spacial score (nSPS) is 11.3. The molecular formula is C118H82N4. The van der Waals surface area contributed by atoms with Gasteiger partial charge >= 0.3 is 0 Å². The van der Waals surface area contributed by atoms with Crippen LogP contribution in [-0.2, 0) is 0 Å². The summed E-state index contributed by atoms with van der Waals surface area (Å²) in [7, 11) is 0. The third-order valence-electron chi connectivity index (χ3n) is 23.7. The van der Waals surface area contributed by atoms with Gasteiger partial charge in [0.1, 0.15) is 0 Å². The van der Waals surface area contributed by atoms with Gasteiger partial charge in [-0.1, -0.05) is 394 Å². The molecule has 0 aliphatic rings. The average Bonchev–Trinajstić information content (AvgIpc) is 0.602. The molecule has 0 bridgehead atoms. The van der Waals surface area contributed by atoms with E-state index in [2.05, 4.69) is 517 Å². The lowest BCUT2D eigenvalue weighted by molar-refractivity contribution is 1.30. The van der Waals surface area contributed by atoms with Crippen LogP contribution in [0.3, 0.4) is 0 Å². The summed E-state index contributed by atoms with van der Waals surface area (Å²) < 4.78 is 0. The SMILES string of the molecule is c1ccc(-c2c3ccccc3c(N(c3ccccc3)c3ccccc3)c3ccccc23)cc1.c1ccc(N(c2ccc3ccccc3c2)c2c3ccccc3c(-c3ccc4ccccc4c3)c3ccccc23)cc1.c1ccc(N(c2ccc3ccccc3c2)c2c3ccccc3c(N(c3ccccc3)c3ccc4ccccc4c3)c3ccccc23)cc1. The minimum atomic E-state index is 1.12. The van der Waals surface area contributed by atoms with E-state index in [4.69, 9.17) is 0 Å². The lowest BCUT2D eigenvalue weighted by atomic mass is 9.89. The van der Waals surface area contributed by atoms with Gasteiger partial charge in [-0.05, 0) is 190 Å². The van der Waals surface area contributed by atoms with Crippen LogP contribution in [-0.4, -0.2) is 0 Å². The van der Waals surface area contributed by atoms with Gasteiger partial charge in [0.25, 0.3) is 0 Å². The molecule has 0 aliphatic carbocycles. The topological polar surface area (TPSA) is 13.0 Å².